The van der Waals surface area contributed by atoms with Crippen molar-refractivity contribution < 1.29 is 0 Å². The highest BCUT2D eigenvalue weighted by Crippen LogP contribution is 2.29. The van der Waals surface area contributed by atoms with Crippen molar-refractivity contribution in [1.29, 1.82) is 0 Å². The van der Waals surface area contributed by atoms with E-state index >= 15 is 0 Å². The molecule has 0 aliphatic heterocycles. The Hall–Kier alpha value is -1.31. The molecule has 1 unspecified atom stereocenters. The van der Waals surface area contributed by atoms with Crippen molar-refractivity contribution in [2.75, 3.05) is 6.54 Å². The fourth-order valence-electron chi connectivity index (χ4n) is 2.58. The lowest BCUT2D eigenvalue weighted by molar-refractivity contribution is 0.499. The van der Waals surface area contributed by atoms with Crippen LogP contribution < -0.4 is 5.32 Å². The summed E-state index contributed by atoms with van der Waals surface area (Å²) in [4.78, 5) is 0. The van der Waals surface area contributed by atoms with Gasteiger partial charge in [-0.3, -0.25) is 0 Å². The molecule has 0 aromatic heterocycles. The van der Waals surface area contributed by atoms with Gasteiger partial charge >= 0.3 is 0 Å². The second kappa shape index (κ2) is 8.21. The van der Waals surface area contributed by atoms with E-state index in [4.69, 9.17) is 11.6 Å². The number of nitrogens with one attached hydrogen (secondary N) is 1. The third-order valence-electron chi connectivity index (χ3n) is 3.80. The molecular weight excluding hydrogens is 278 g/mol. The van der Waals surface area contributed by atoms with Gasteiger partial charge in [-0.1, -0.05) is 67.1 Å². The quantitative estimate of drug-likeness (QED) is 0.729. The number of hydrogen-bond donors (Lipinski definition) is 1. The summed E-state index contributed by atoms with van der Waals surface area (Å²) in [6, 6.07) is 17.3. The molecule has 2 rings (SSSR count). The molecule has 1 atom stereocenters. The van der Waals surface area contributed by atoms with Gasteiger partial charge in [0.2, 0.25) is 0 Å². The fourth-order valence-corrected chi connectivity index (χ4v) is 2.84. The van der Waals surface area contributed by atoms with Crippen LogP contribution in [0.25, 0.3) is 0 Å². The first kappa shape index (κ1) is 16.1. The second-order valence-electron chi connectivity index (χ2n) is 5.51. The molecule has 2 aromatic carbocycles. The molecule has 0 amide bonds. The van der Waals surface area contributed by atoms with E-state index in [1.807, 2.05) is 0 Å². The third kappa shape index (κ3) is 4.59. The molecule has 2 heteroatoms. The largest absolute Gasteiger partial charge is 0.310 e. The molecule has 21 heavy (non-hydrogen) atoms. The van der Waals surface area contributed by atoms with Crippen LogP contribution in [-0.2, 0) is 6.42 Å². The van der Waals surface area contributed by atoms with E-state index in [1.54, 1.807) is 0 Å². The Morgan fingerprint density at radius 3 is 2.52 bits per heavy atom. The summed E-state index contributed by atoms with van der Waals surface area (Å²) < 4.78 is 0. The van der Waals surface area contributed by atoms with E-state index in [1.165, 1.54) is 11.1 Å². The van der Waals surface area contributed by atoms with Crippen LogP contribution >= 0.6 is 11.6 Å². The summed E-state index contributed by atoms with van der Waals surface area (Å²) in [6.07, 6.45) is 3.25. The van der Waals surface area contributed by atoms with Gasteiger partial charge in [-0.05, 0) is 49.4 Å². The van der Waals surface area contributed by atoms with Crippen molar-refractivity contribution in [3.8, 4) is 0 Å². The van der Waals surface area contributed by atoms with Gasteiger partial charge in [-0.15, -0.1) is 0 Å². The van der Waals surface area contributed by atoms with E-state index in [0.717, 1.165) is 36.4 Å². The summed E-state index contributed by atoms with van der Waals surface area (Å²) in [5, 5.41) is 4.54. The minimum absolute atomic E-state index is 0.317. The van der Waals surface area contributed by atoms with Gasteiger partial charge in [0.25, 0.3) is 0 Å². The number of halogens is 1. The predicted molar refractivity (Wildman–Crippen MR) is 92.0 cm³/mol. The maximum Gasteiger partial charge on any atom is 0.0482 e. The molecular formula is C19H24ClN. The van der Waals surface area contributed by atoms with E-state index in [2.05, 4.69) is 67.7 Å². The molecule has 0 bridgehead atoms. The normalized spacial score (nSPS) is 12.3. The molecule has 112 valence electrons. The smallest absolute Gasteiger partial charge is 0.0482 e. The van der Waals surface area contributed by atoms with E-state index in [0.29, 0.717) is 6.04 Å². The standard InChI is InChI=1S/C19H24ClN/c1-3-14-21-18(13-12-16-9-5-4-6-10-16)17-11-7-8-15(2)19(17)20/h4-11,18,21H,3,12-14H2,1-2H3. The molecule has 0 heterocycles. The summed E-state index contributed by atoms with van der Waals surface area (Å²) in [5.41, 5.74) is 3.75. The van der Waals surface area contributed by atoms with Crippen molar-refractivity contribution in [3.05, 3.63) is 70.2 Å². The molecule has 0 saturated carbocycles. The van der Waals surface area contributed by atoms with Gasteiger partial charge in [0.15, 0.2) is 0 Å². The Kier molecular flexibility index (Phi) is 6.28. The number of rotatable bonds is 7. The van der Waals surface area contributed by atoms with Gasteiger partial charge in [0.1, 0.15) is 0 Å². The summed E-state index contributed by atoms with van der Waals surface area (Å²) in [6.45, 7) is 5.28. The maximum absolute atomic E-state index is 6.51. The van der Waals surface area contributed by atoms with Crippen LogP contribution in [0.1, 0.15) is 42.5 Å². The average Bonchev–Trinajstić information content (AvgIpc) is 2.52. The van der Waals surface area contributed by atoms with Crippen LogP contribution in [0.4, 0.5) is 0 Å². The number of hydrogen-bond acceptors (Lipinski definition) is 1. The lowest BCUT2D eigenvalue weighted by atomic mass is 9.97. The first-order chi connectivity index (χ1) is 10.2. The lowest BCUT2D eigenvalue weighted by Gasteiger charge is -2.21. The first-order valence-corrected chi connectivity index (χ1v) is 8.12. The fraction of sp³-hybridized carbons (Fsp3) is 0.368. The summed E-state index contributed by atoms with van der Waals surface area (Å²) in [5.74, 6) is 0. The van der Waals surface area contributed by atoms with E-state index < -0.39 is 0 Å². The first-order valence-electron chi connectivity index (χ1n) is 7.74. The van der Waals surface area contributed by atoms with Gasteiger partial charge < -0.3 is 5.32 Å². The minimum Gasteiger partial charge on any atom is -0.310 e. The van der Waals surface area contributed by atoms with Gasteiger partial charge in [0, 0.05) is 11.1 Å². The Balaban J connectivity index is 2.12. The summed E-state index contributed by atoms with van der Waals surface area (Å²) >= 11 is 6.51. The van der Waals surface area contributed by atoms with Crippen LogP contribution in [0.2, 0.25) is 5.02 Å². The van der Waals surface area contributed by atoms with Crippen LogP contribution in [0.3, 0.4) is 0 Å². The van der Waals surface area contributed by atoms with Crippen molar-refractivity contribution >= 4 is 11.6 Å². The second-order valence-corrected chi connectivity index (χ2v) is 5.89. The lowest BCUT2D eigenvalue weighted by Crippen LogP contribution is -2.23. The maximum atomic E-state index is 6.51. The monoisotopic (exact) mass is 301 g/mol. The van der Waals surface area contributed by atoms with Crippen molar-refractivity contribution in [2.24, 2.45) is 0 Å². The van der Waals surface area contributed by atoms with Crippen molar-refractivity contribution in [1.82, 2.24) is 5.32 Å². The molecule has 0 fully saturated rings. The van der Waals surface area contributed by atoms with Crippen LogP contribution in [-0.4, -0.2) is 6.54 Å². The molecule has 0 spiro atoms. The molecule has 2 aromatic rings. The Morgan fingerprint density at radius 2 is 1.81 bits per heavy atom. The molecule has 0 aliphatic rings. The van der Waals surface area contributed by atoms with Gasteiger partial charge in [-0.2, -0.15) is 0 Å². The highest BCUT2D eigenvalue weighted by atomic mass is 35.5. The third-order valence-corrected chi connectivity index (χ3v) is 4.32. The number of benzene rings is 2. The van der Waals surface area contributed by atoms with Crippen molar-refractivity contribution in [3.63, 3.8) is 0 Å². The highest BCUT2D eigenvalue weighted by Gasteiger charge is 2.15. The average molecular weight is 302 g/mol. The molecule has 0 aliphatic carbocycles. The van der Waals surface area contributed by atoms with E-state index in [-0.39, 0.29) is 0 Å². The van der Waals surface area contributed by atoms with Crippen LogP contribution in [0.5, 0.6) is 0 Å². The molecule has 1 nitrogen and oxygen atoms in total. The Morgan fingerprint density at radius 1 is 1.05 bits per heavy atom. The van der Waals surface area contributed by atoms with E-state index in [9.17, 15) is 0 Å². The topological polar surface area (TPSA) is 12.0 Å². The Labute approximate surface area is 133 Å². The highest BCUT2D eigenvalue weighted by molar-refractivity contribution is 6.32. The molecule has 0 saturated heterocycles. The predicted octanol–water partition coefficient (Wildman–Crippen LogP) is 5.32. The van der Waals surface area contributed by atoms with Gasteiger partial charge in [0.05, 0.1) is 0 Å². The van der Waals surface area contributed by atoms with Crippen LogP contribution in [0.15, 0.2) is 48.5 Å². The zero-order valence-electron chi connectivity index (χ0n) is 12.9. The Bertz CT molecular complexity index is 551. The van der Waals surface area contributed by atoms with Crippen molar-refractivity contribution in [2.45, 2.75) is 39.2 Å². The minimum atomic E-state index is 0.317. The zero-order valence-corrected chi connectivity index (χ0v) is 13.7. The summed E-state index contributed by atoms with van der Waals surface area (Å²) in [7, 11) is 0. The zero-order chi connectivity index (χ0) is 15.1. The van der Waals surface area contributed by atoms with Crippen LogP contribution in [0, 0.1) is 6.92 Å². The molecule has 0 radical (unpaired) electrons. The molecule has 1 N–H and O–H groups in total. The number of aryl methyl sites for hydroxylation is 2. The SMILES string of the molecule is CCCNC(CCc1ccccc1)c1cccc(C)c1Cl. The van der Waals surface area contributed by atoms with Gasteiger partial charge in [-0.25, -0.2) is 0 Å².